The van der Waals surface area contributed by atoms with Crippen molar-refractivity contribution in [3.63, 3.8) is 0 Å². The fraction of sp³-hybridized carbons (Fsp3) is 0.238. The zero-order valence-electron chi connectivity index (χ0n) is 17.2. The molecule has 4 heterocycles. The summed E-state index contributed by atoms with van der Waals surface area (Å²) >= 11 is 1.42. The molecular weight excluding hydrogens is 432 g/mol. The van der Waals surface area contributed by atoms with Crippen LogP contribution in [-0.2, 0) is 11.3 Å². The van der Waals surface area contributed by atoms with Crippen molar-refractivity contribution in [3.8, 4) is 22.8 Å². The fourth-order valence-corrected chi connectivity index (χ4v) is 4.43. The van der Waals surface area contributed by atoms with Crippen molar-refractivity contribution in [2.75, 3.05) is 19.1 Å². The lowest BCUT2D eigenvalue weighted by Crippen LogP contribution is -2.26. The van der Waals surface area contributed by atoms with Crippen LogP contribution in [0, 0.1) is 0 Å². The van der Waals surface area contributed by atoms with E-state index in [-0.39, 0.29) is 12.7 Å². The lowest BCUT2D eigenvalue weighted by Gasteiger charge is -2.11. The molecule has 0 saturated carbocycles. The summed E-state index contributed by atoms with van der Waals surface area (Å²) in [5, 5.41) is 3.54. The van der Waals surface area contributed by atoms with Crippen LogP contribution >= 0.6 is 11.8 Å². The Labute approximate surface area is 187 Å². The third-order valence-electron chi connectivity index (χ3n) is 4.97. The molecule has 0 aliphatic carbocycles. The topological polar surface area (TPSA) is 130 Å². The van der Waals surface area contributed by atoms with Gasteiger partial charge in [0, 0.05) is 30.0 Å². The number of hydrogen-bond acceptors (Lipinski definition) is 9. The van der Waals surface area contributed by atoms with Gasteiger partial charge in [-0.05, 0) is 24.3 Å². The zero-order valence-corrected chi connectivity index (χ0v) is 18.0. The molecule has 0 unspecified atom stereocenters. The SMILES string of the molecule is CCC(=O)NCCn1c(Sc2cc3c(cc2-c2ccco2)OCO3)nc2c(N)ncnc21. The Balaban J connectivity index is 1.56. The van der Waals surface area contributed by atoms with Gasteiger partial charge in [0.2, 0.25) is 12.7 Å². The Morgan fingerprint density at radius 3 is 2.91 bits per heavy atom. The molecule has 0 atom stereocenters. The summed E-state index contributed by atoms with van der Waals surface area (Å²) in [6.07, 6.45) is 3.45. The second kappa shape index (κ2) is 8.42. The number of aromatic nitrogens is 4. The summed E-state index contributed by atoms with van der Waals surface area (Å²) in [5.41, 5.74) is 8.02. The quantitative estimate of drug-likeness (QED) is 0.434. The molecule has 0 radical (unpaired) electrons. The summed E-state index contributed by atoms with van der Waals surface area (Å²) in [7, 11) is 0. The average molecular weight is 452 g/mol. The van der Waals surface area contributed by atoms with E-state index in [1.165, 1.54) is 18.1 Å². The van der Waals surface area contributed by atoms with Gasteiger partial charge in [0.05, 0.1) is 6.26 Å². The van der Waals surface area contributed by atoms with E-state index in [1.807, 2.05) is 35.8 Å². The summed E-state index contributed by atoms with van der Waals surface area (Å²) in [6, 6.07) is 7.51. The number of nitrogen functional groups attached to an aromatic ring is 1. The maximum atomic E-state index is 11.7. The van der Waals surface area contributed by atoms with E-state index in [0.29, 0.717) is 58.9 Å². The standard InChI is InChI=1S/C21H20N6O4S/c1-2-17(28)23-5-6-27-20-18(19(22)24-10-25-20)26-21(27)32-16-9-15-14(30-11-31-15)8-12(16)13-4-3-7-29-13/h3-4,7-10H,2,5-6,11H2,1H3,(H,23,28)(H2,22,24,25). The highest BCUT2D eigenvalue weighted by Crippen LogP contribution is 2.45. The molecule has 0 saturated heterocycles. The van der Waals surface area contributed by atoms with Crippen molar-refractivity contribution in [3.05, 3.63) is 36.9 Å². The van der Waals surface area contributed by atoms with Gasteiger partial charge in [-0.1, -0.05) is 18.7 Å². The van der Waals surface area contributed by atoms with Gasteiger partial charge in [-0.3, -0.25) is 4.79 Å². The highest BCUT2D eigenvalue weighted by molar-refractivity contribution is 7.99. The van der Waals surface area contributed by atoms with Crippen molar-refractivity contribution >= 4 is 34.7 Å². The van der Waals surface area contributed by atoms with Gasteiger partial charge in [-0.25, -0.2) is 15.0 Å². The van der Waals surface area contributed by atoms with E-state index in [2.05, 4.69) is 15.3 Å². The van der Waals surface area contributed by atoms with Crippen LogP contribution in [0.4, 0.5) is 5.82 Å². The lowest BCUT2D eigenvalue weighted by molar-refractivity contribution is -0.120. The molecular formula is C21H20N6O4S. The van der Waals surface area contributed by atoms with E-state index in [1.54, 1.807) is 6.26 Å². The van der Waals surface area contributed by atoms with Crippen LogP contribution in [0.3, 0.4) is 0 Å². The normalized spacial score (nSPS) is 12.4. The van der Waals surface area contributed by atoms with Crippen LogP contribution in [0.1, 0.15) is 13.3 Å². The molecule has 1 aliphatic rings. The number of nitrogens with two attached hydrogens (primary N) is 1. The summed E-state index contributed by atoms with van der Waals surface area (Å²) in [6.45, 7) is 2.89. The van der Waals surface area contributed by atoms with Gasteiger partial charge in [-0.15, -0.1) is 0 Å². The number of ether oxygens (including phenoxy) is 2. The van der Waals surface area contributed by atoms with Gasteiger partial charge in [0.15, 0.2) is 33.6 Å². The number of amides is 1. The molecule has 1 amide bonds. The monoisotopic (exact) mass is 452 g/mol. The molecule has 32 heavy (non-hydrogen) atoms. The minimum atomic E-state index is -0.0198. The molecule has 3 aromatic heterocycles. The number of nitrogens with one attached hydrogen (secondary N) is 1. The molecule has 10 nitrogen and oxygen atoms in total. The summed E-state index contributed by atoms with van der Waals surface area (Å²) < 4.78 is 18.7. The Hall–Kier alpha value is -3.73. The van der Waals surface area contributed by atoms with Crippen LogP contribution in [-0.4, -0.2) is 38.8 Å². The van der Waals surface area contributed by atoms with Gasteiger partial charge in [-0.2, -0.15) is 0 Å². The van der Waals surface area contributed by atoms with E-state index >= 15 is 0 Å². The first kappa shape index (κ1) is 20.2. The third kappa shape index (κ3) is 3.71. The number of benzene rings is 1. The minimum Gasteiger partial charge on any atom is -0.464 e. The first-order valence-corrected chi connectivity index (χ1v) is 10.8. The van der Waals surface area contributed by atoms with E-state index < -0.39 is 0 Å². The largest absolute Gasteiger partial charge is 0.464 e. The summed E-state index contributed by atoms with van der Waals surface area (Å²) in [5.74, 6) is 2.29. The third-order valence-corrected chi connectivity index (χ3v) is 6.02. The molecule has 164 valence electrons. The minimum absolute atomic E-state index is 0.0198. The first-order valence-electron chi connectivity index (χ1n) is 10.0. The molecule has 5 rings (SSSR count). The van der Waals surface area contributed by atoms with Gasteiger partial charge in [0.1, 0.15) is 12.1 Å². The maximum Gasteiger partial charge on any atom is 0.231 e. The molecule has 4 aromatic rings. The summed E-state index contributed by atoms with van der Waals surface area (Å²) in [4.78, 5) is 25.7. The number of carbonyl (C=O) groups excluding carboxylic acids is 1. The van der Waals surface area contributed by atoms with Crippen molar-refractivity contribution in [2.45, 2.75) is 29.9 Å². The first-order chi connectivity index (χ1) is 15.6. The molecule has 3 N–H and O–H groups in total. The predicted molar refractivity (Wildman–Crippen MR) is 117 cm³/mol. The van der Waals surface area contributed by atoms with E-state index in [4.69, 9.17) is 24.6 Å². The second-order valence-electron chi connectivity index (χ2n) is 6.96. The number of furan rings is 1. The van der Waals surface area contributed by atoms with Gasteiger partial charge < -0.3 is 29.5 Å². The number of carbonyl (C=O) groups is 1. The van der Waals surface area contributed by atoms with Crippen LogP contribution in [0.15, 0.2) is 51.3 Å². The highest BCUT2D eigenvalue weighted by Gasteiger charge is 2.23. The van der Waals surface area contributed by atoms with Crippen LogP contribution in [0.25, 0.3) is 22.5 Å². The lowest BCUT2D eigenvalue weighted by atomic mass is 10.1. The van der Waals surface area contributed by atoms with Crippen LogP contribution in [0.2, 0.25) is 0 Å². The second-order valence-corrected chi connectivity index (χ2v) is 7.97. The number of fused-ring (bicyclic) bond motifs is 2. The fourth-order valence-electron chi connectivity index (χ4n) is 3.38. The van der Waals surface area contributed by atoms with Crippen molar-refractivity contribution in [2.24, 2.45) is 0 Å². The van der Waals surface area contributed by atoms with Crippen LogP contribution in [0.5, 0.6) is 11.5 Å². The molecule has 1 aliphatic heterocycles. The predicted octanol–water partition coefficient (Wildman–Crippen LogP) is 3.07. The molecule has 1 aromatic carbocycles. The molecule has 0 spiro atoms. The Morgan fingerprint density at radius 1 is 1.28 bits per heavy atom. The molecule has 11 heteroatoms. The Bertz CT molecular complexity index is 1290. The number of rotatable bonds is 7. The molecule has 0 bridgehead atoms. The van der Waals surface area contributed by atoms with Gasteiger partial charge >= 0.3 is 0 Å². The van der Waals surface area contributed by atoms with Crippen molar-refractivity contribution < 1.29 is 18.7 Å². The maximum absolute atomic E-state index is 11.7. The highest BCUT2D eigenvalue weighted by atomic mass is 32.2. The number of imidazole rings is 1. The van der Waals surface area contributed by atoms with Gasteiger partial charge in [0.25, 0.3) is 0 Å². The average Bonchev–Trinajstić information content (AvgIpc) is 3.54. The smallest absolute Gasteiger partial charge is 0.231 e. The Morgan fingerprint density at radius 2 is 2.12 bits per heavy atom. The van der Waals surface area contributed by atoms with E-state index in [9.17, 15) is 4.79 Å². The zero-order chi connectivity index (χ0) is 22.1. The van der Waals surface area contributed by atoms with Crippen LogP contribution < -0.4 is 20.5 Å². The number of hydrogen-bond donors (Lipinski definition) is 2. The molecule has 0 fully saturated rings. The number of nitrogens with zero attached hydrogens (tertiary/aromatic N) is 4. The van der Waals surface area contributed by atoms with Crippen molar-refractivity contribution in [1.29, 1.82) is 0 Å². The Kier molecular flexibility index (Phi) is 5.31. The van der Waals surface area contributed by atoms with Crippen molar-refractivity contribution in [1.82, 2.24) is 24.8 Å². The number of anilines is 1. The van der Waals surface area contributed by atoms with E-state index in [0.717, 1.165) is 10.5 Å².